The summed E-state index contributed by atoms with van der Waals surface area (Å²) in [6.45, 7) is 5.26. The van der Waals surface area contributed by atoms with Crippen LogP contribution in [0.5, 0.6) is 0 Å². The second-order valence-electron chi connectivity index (χ2n) is 5.59. The molecular weight excluding hydrogens is 282 g/mol. The summed E-state index contributed by atoms with van der Waals surface area (Å²) in [5.41, 5.74) is 0.866. The monoisotopic (exact) mass is 305 g/mol. The van der Waals surface area contributed by atoms with Crippen LogP contribution in [-0.2, 0) is 9.53 Å². The third-order valence-electron chi connectivity index (χ3n) is 3.64. The topological polar surface area (TPSA) is 70.7 Å². The summed E-state index contributed by atoms with van der Waals surface area (Å²) in [5.74, 6) is -0.327. The van der Waals surface area contributed by atoms with Gasteiger partial charge in [0.25, 0.3) is 0 Å². The van der Waals surface area contributed by atoms with Crippen molar-refractivity contribution in [1.82, 2.24) is 15.5 Å². The molecule has 0 radical (unpaired) electrons. The first-order chi connectivity index (χ1) is 10.5. The first kappa shape index (κ1) is 16.5. The number of urea groups is 1. The highest BCUT2D eigenvalue weighted by Crippen LogP contribution is 2.25. The van der Waals surface area contributed by atoms with Crippen LogP contribution in [0.15, 0.2) is 30.3 Å². The Labute approximate surface area is 130 Å². The molecule has 2 N–H and O–H groups in total. The molecule has 0 saturated carbocycles. The van der Waals surface area contributed by atoms with E-state index in [1.54, 1.807) is 0 Å². The molecule has 0 bridgehead atoms. The van der Waals surface area contributed by atoms with Gasteiger partial charge in [-0.2, -0.15) is 0 Å². The number of rotatable bonds is 3. The Bertz CT molecular complexity index is 511. The lowest BCUT2D eigenvalue weighted by molar-refractivity contribution is -0.132. The van der Waals surface area contributed by atoms with Crippen LogP contribution in [0.4, 0.5) is 4.79 Å². The SMILES string of the molecule is CNC(=O)NC(=O)C(c1ccccc1)N1CC(C)OC(C)C1. The lowest BCUT2D eigenvalue weighted by Gasteiger charge is -2.39. The largest absolute Gasteiger partial charge is 0.373 e. The number of carbonyl (C=O) groups is 2. The second kappa shape index (κ2) is 7.38. The Morgan fingerprint density at radius 2 is 1.77 bits per heavy atom. The van der Waals surface area contributed by atoms with Gasteiger partial charge in [-0.25, -0.2) is 4.79 Å². The van der Waals surface area contributed by atoms with Crippen LogP contribution in [0, 0.1) is 0 Å². The average Bonchev–Trinajstić information content (AvgIpc) is 2.47. The van der Waals surface area contributed by atoms with Crippen molar-refractivity contribution in [2.24, 2.45) is 0 Å². The number of morpholine rings is 1. The first-order valence-electron chi connectivity index (χ1n) is 7.48. The number of benzene rings is 1. The van der Waals surface area contributed by atoms with Gasteiger partial charge in [0, 0.05) is 20.1 Å². The molecule has 3 unspecified atom stereocenters. The lowest BCUT2D eigenvalue weighted by Crippen LogP contribution is -2.52. The smallest absolute Gasteiger partial charge is 0.321 e. The van der Waals surface area contributed by atoms with Gasteiger partial charge in [-0.15, -0.1) is 0 Å². The number of hydrogen-bond acceptors (Lipinski definition) is 4. The van der Waals surface area contributed by atoms with Crippen LogP contribution >= 0.6 is 0 Å². The Kier molecular flexibility index (Phi) is 5.51. The van der Waals surface area contributed by atoms with E-state index in [-0.39, 0.29) is 18.1 Å². The molecule has 3 atom stereocenters. The van der Waals surface area contributed by atoms with Gasteiger partial charge in [0.15, 0.2) is 0 Å². The van der Waals surface area contributed by atoms with Crippen LogP contribution in [0.25, 0.3) is 0 Å². The fraction of sp³-hybridized carbons (Fsp3) is 0.500. The quantitative estimate of drug-likeness (QED) is 0.883. The third kappa shape index (κ3) is 4.05. The van der Waals surface area contributed by atoms with Crippen LogP contribution < -0.4 is 10.6 Å². The standard InChI is InChI=1S/C16H23N3O3/c1-11-9-19(10-12(2)22-11)14(13-7-5-4-6-8-13)15(20)18-16(21)17-3/h4-8,11-12,14H,9-10H2,1-3H3,(H2,17,18,20,21). The number of hydrogen-bond donors (Lipinski definition) is 2. The molecule has 1 aliphatic heterocycles. The van der Waals surface area contributed by atoms with Crippen molar-refractivity contribution in [1.29, 1.82) is 0 Å². The molecule has 6 heteroatoms. The molecule has 1 aromatic rings. The molecular formula is C16H23N3O3. The summed E-state index contributed by atoms with van der Waals surface area (Å²) in [7, 11) is 1.49. The molecule has 22 heavy (non-hydrogen) atoms. The normalized spacial score (nSPS) is 23.6. The van der Waals surface area contributed by atoms with Gasteiger partial charge in [-0.1, -0.05) is 30.3 Å². The Hall–Kier alpha value is -1.92. The van der Waals surface area contributed by atoms with E-state index in [0.29, 0.717) is 13.1 Å². The molecule has 1 aromatic carbocycles. The van der Waals surface area contributed by atoms with E-state index in [2.05, 4.69) is 15.5 Å². The number of amides is 3. The van der Waals surface area contributed by atoms with E-state index in [4.69, 9.17) is 4.74 Å². The van der Waals surface area contributed by atoms with E-state index in [0.717, 1.165) is 5.56 Å². The molecule has 1 fully saturated rings. The van der Waals surface area contributed by atoms with Crippen molar-refractivity contribution in [3.05, 3.63) is 35.9 Å². The summed E-state index contributed by atoms with van der Waals surface area (Å²) in [4.78, 5) is 26.1. The number of ether oxygens (including phenoxy) is 1. The molecule has 3 amide bonds. The summed E-state index contributed by atoms with van der Waals surface area (Å²) < 4.78 is 5.73. The Morgan fingerprint density at radius 3 is 2.32 bits per heavy atom. The zero-order valence-electron chi connectivity index (χ0n) is 13.2. The minimum absolute atomic E-state index is 0.0442. The maximum absolute atomic E-state index is 12.6. The van der Waals surface area contributed by atoms with E-state index < -0.39 is 12.1 Å². The highest BCUT2D eigenvalue weighted by molar-refractivity contribution is 5.97. The number of nitrogens with zero attached hydrogens (tertiary/aromatic N) is 1. The number of imide groups is 1. The minimum Gasteiger partial charge on any atom is -0.373 e. The van der Waals surface area contributed by atoms with E-state index >= 15 is 0 Å². The Balaban J connectivity index is 2.25. The van der Waals surface area contributed by atoms with Crippen LogP contribution in [-0.4, -0.2) is 49.2 Å². The predicted molar refractivity (Wildman–Crippen MR) is 83.4 cm³/mol. The zero-order chi connectivity index (χ0) is 16.1. The molecule has 1 heterocycles. The summed E-state index contributed by atoms with van der Waals surface area (Å²) in [6.07, 6.45) is 0.0885. The molecule has 1 aliphatic rings. The maximum atomic E-state index is 12.6. The summed E-state index contributed by atoms with van der Waals surface area (Å²) >= 11 is 0. The molecule has 6 nitrogen and oxygen atoms in total. The number of carbonyl (C=O) groups excluding carboxylic acids is 2. The van der Waals surface area contributed by atoms with Crippen molar-refractivity contribution >= 4 is 11.9 Å². The fourth-order valence-corrected chi connectivity index (χ4v) is 2.83. The van der Waals surface area contributed by atoms with Gasteiger partial charge in [0.2, 0.25) is 5.91 Å². The van der Waals surface area contributed by atoms with Crippen molar-refractivity contribution in [3.8, 4) is 0 Å². The van der Waals surface area contributed by atoms with Gasteiger partial charge >= 0.3 is 6.03 Å². The number of nitrogens with one attached hydrogen (secondary N) is 2. The Morgan fingerprint density at radius 1 is 1.18 bits per heavy atom. The highest BCUT2D eigenvalue weighted by atomic mass is 16.5. The van der Waals surface area contributed by atoms with E-state index in [9.17, 15) is 9.59 Å². The van der Waals surface area contributed by atoms with Crippen LogP contribution in [0.2, 0.25) is 0 Å². The van der Waals surface area contributed by atoms with Crippen molar-refractivity contribution < 1.29 is 14.3 Å². The molecule has 0 aliphatic carbocycles. The van der Waals surface area contributed by atoms with Gasteiger partial charge < -0.3 is 10.1 Å². The highest BCUT2D eigenvalue weighted by Gasteiger charge is 2.33. The first-order valence-corrected chi connectivity index (χ1v) is 7.48. The van der Waals surface area contributed by atoms with Gasteiger partial charge in [0.05, 0.1) is 12.2 Å². The second-order valence-corrected chi connectivity index (χ2v) is 5.59. The van der Waals surface area contributed by atoms with Crippen LogP contribution in [0.3, 0.4) is 0 Å². The minimum atomic E-state index is -0.507. The van der Waals surface area contributed by atoms with Crippen molar-refractivity contribution in [2.45, 2.75) is 32.1 Å². The van der Waals surface area contributed by atoms with Gasteiger partial charge in [-0.05, 0) is 19.4 Å². The molecule has 0 spiro atoms. The molecule has 2 rings (SSSR count). The van der Waals surface area contributed by atoms with Crippen molar-refractivity contribution in [2.75, 3.05) is 20.1 Å². The zero-order valence-corrected chi connectivity index (χ0v) is 13.2. The van der Waals surface area contributed by atoms with E-state index in [1.165, 1.54) is 7.05 Å². The van der Waals surface area contributed by atoms with Gasteiger partial charge in [-0.3, -0.25) is 15.0 Å². The van der Waals surface area contributed by atoms with Crippen molar-refractivity contribution in [3.63, 3.8) is 0 Å². The molecule has 120 valence electrons. The molecule has 1 saturated heterocycles. The fourth-order valence-electron chi connectivity index (χ4n) is 2.83. The van der Waals surface area contributed by atoms with E-state index in [1.807, 2.05) is 44.2 Å². The predicted octanol–water partition coefficient (Wildman–Crippen LogP) is 1.29. The lowest BCUT2D eigenvalue weighted by atomic mass is 10.0. The summed E-state index contributed by atoms with van der Waals surface area (Å²) in [5, 5.41) is 4.79. The maximum Gasteiger partial charge on any atom is 0.321 e. The average molecular weight is 305 g/mol. The third-order valence-corrected chi connectivity index (χ3v) is 3.64. The summed E-state index contributed by atoms with van der Waals surface area (Å²) in [6, 6.07) is 8.48. The molecule has 0 aromatic heterocycles. The van der Waals surface area contributed by atoms with Crippen LogP contribution in [0.1, 0.15) is 25.5 Å². The van der Waals surface area contributed by atoms with Gasteiger partial charge in [0.1, 0.15) is 6.04 Å².